The van der Waals surface area contributed by atoms with Gasteiger partial charge < -0.3 is 75.9 Å². The molecule has 0 unspecified atom stereocenters. The quantitative estimate of drug-likeness (QED) is 0.0184. The molecule has 4 rings (SSSR count). The van der Waals surface area contributed by atoms with Crippen LogP contribution in [0.2, 0.25) is 0 Å². The largest absolute Gasteiger partial charge is 1.00 e. The first-order chi connectivity index (χ1) is 50.8. The van der Waals surface area contributed by atoms with Crippen molar-refractivity contribution in [3.8, 4) is 11.5 Å². The number of nitrogens with zero attached hydrogens (tertiary/aromatic N) is 2. The molecule has 0 aliphatic rings. The van der Waals surface area contributed by atoms with Crippen LogP contribution in [0.5, 0.6) is 11.5 Å². The maximum Gasteiger partial charge on any atom is 1.00 e. The van der Waals surface area contributed by atoms with Gasteiger partial charge in [0, 0.05) is 121 Å². The number of aliphatic hydroxyl groups excluding tert-OH is 2. The predicted molar refractivity (Wildman–Crippen MR) is 405 cm³/mol. The van der Waals surface area contributed by atoms with E-state index < -0.39 is 154 Å². The number of aromatic hydroxyl groups is 2. The van der Waals surface area contributed by atoms with Gasteiger partial charge in [-0.2, -0.15) is 0 Å². The Balaban J connectivity index is 0. The van der Waals surface area contributed by atoms with Gasteiger partial charge in [-0.3, -0.25) is 81.5 Å². The van der Waals surface area contributed by atoms with Gasteiger partial charge >= 0.3 is 29.6 Å². The van der Waals surface area contributed by atoms with Gasteiger partial charge in [-0.15, -0.1) is 0 Å². The predicted octanol–water partition coefficient (Wildman–Crippen LogP) is -1.12. The van der Waals surface area contributed by atoms with Crippen LogP contribution in [0.3, 0.4) is 0 Å². The molecule has 16 N–H and O–H groups in total. The SMILES string of the molecule is CO.C[C@H](CC(=O)[C@H](C)NC(=O)CCC(=O)[C@H](Cc1ccc(O)cc1)NC(=O)[C@H](C)CC(=O)[C@H](C)NC(=O)[C@H](C)CC(=O)CNc1ncc(C=O)s1)C(N)=O.C[C@H](CC(=O)[C@H](C)NC(=O)CCC(=O)[C@H](Cc1ccc(O)cc1)NC(=O)[C@H](C)CC(=O)[C@H](C)NC(=O)[C@H](C)CC(=O)CNc1ncc(CO)s1)C(N)=O.[B].[H-].[Na+]. The van der Waals surface area contributed by atoms with Gasteiger partial charge in [-0.1, -0.05) is 88.5 Å². The van der Waals surface area contributed by atoms with Crippen molar-refractivity contribution in [2.75, 3.05) is 30.8 Å². The maximum atomic E-state index is 13.3. The van der Waals surface area contributed by atoms with Crippen molar-refractivity contribution < 1.29 is 133 Å². The van der Waals surface area contributed by atoms with Gasteiger partial charge in [0.05, 0.1) is 71.9 Å². The molecule has 597 valence electrons. The smallest absolute Gasteiger partial charge is 1.00 e. The second-order valence-corrected chi connectivity index (χ2v) is 28.6. The Morgan fingerprint density at radius 2 is 0.745 bits per heavy atom. The molecule has 0 saturated carbocycles. The average Bonchev–Trinajstić information content (AvgIpc) is 1.57. The molecule has 0 saturated heterocycles. The van der Waals surface area contributed by atoms with E-state index in [4.69, 9.17) is 21.7 Å². The van der Waals surface area contributed by atoms with Gasteiger partial charge in [0.1, 0.15) is 11.5 Å². The number of primary amides is 2. The number of aliphatic hydroxyl groups is 2. The van der Waals surface area contributed by atoms with Crippen LogP contribution in [0, 0.1) is 35.5 Å². The molecule has 0 aliphatic heterocycles. The molecule has 4 aromatic rings. The monoisotopic (exact) mass is 1580 g/mol. The van der Waals surface area contributed by atoms with Crippen LogP contribution in [0.25, 0.3) is 0 Å². The van der Waals surface area contributed by atoms with E-state index in [1.807, 2.05) is 0 Å². The Bertz CT molecular complexity index is 3790. The molecule has 0 bridgehead atoms. The molecule has 2 heterocycles. The Hall–Kier alpha value is -9.33. The van der Waals surface area contributed by atoms with Gasteiger partial charge in [-0.25, -0.2) is 9.97 Å². The molecule has 2 aromatic heterocycles. The molecule has 2 aromatic carbocycles. The number of phenols is 2. The van der Waals surface area contributed by atoms with E-state index in [1.54, 1.807) is 31.2 Å². The van der Waals surface area contributed by atoms with Gasteiger partial charge in [0.15, 0.2) is 62.8 Å². The summed E-state index contributed by atoms with van der Waals surface area (Å²) in [5.74, 6) is -12.7. The van der Waals surface area contributed by atoms with Crippen LogP contribution >= 0.6 is 22.7 Å². The van der Waals surface area contributed by atoms with Crippen molar-refractivity contribution in [3.63, 3.8) is 0 Å². The summed E-state index contributed by atoms with van der Waals surface area (Å²) in [4.78, 5) is 222. The first-order valence-electron chi connectivity index (χ1n) is 34.8. The molecule has 37 heteroatoms. The topological polar surface area (TPSA) is 545 Å². The van der Waals surface area contributed by atoms with Gasteiger partial charge in [0.25, 0.3) is 0 Å². The van der Waals surface area contributed by atoms with Crippen molar-refractivity contribution >= 4 is 141 Å². The normalized spacial score (nSPS) is 13.9. The van der Waals surface area contributed by atoms with Crippen molar-refractivity contribution in [1.29, 1.82) is 0 Å². The molecule has 33 nitrogen and oxygen atoms in total. The summed E-state index contributed by atoms with van der Waals surface area (Å²) in [5, 5.41) is 57.5. The van der Waals surface area contributed by atoms with Crippen LogP contribution < -0.4 is 83.6 Å². The second-order valence-electron chi connectivity index (χ2n) is 26.4. The first-order valence-corrected chi connectivity index (χ1v) is 36.5. The first kappa shape index (κ1) is 101. The number of rotatable bonds is 48. The van der Waals surface area contributed by atoms with Crippen LogP contribution in [0.4, 0.5) is 10.3 Å². The zero-order valence-electron chi connectivity index (χ0n) is 65.1. The Morgan fingerprint density at radius 3 is 1.06 bits per heavy atom. The number of benzene rings is 2. The fourth-order valence-corrected chi connectivity index (χ4v) is 11.2. The average molecular weight is 1580 g/mol. The van der Waals surface area contributed by atoms with E-state index in [0.717, 1.165) is 18.4 Å². The third-order valence-electron chi connectivity index (χ3n) is 16.8. The zero-order valence-corrected chi connectivity index (χ0v) is 67.7. The molecular weight excluding hydrogens is 1480 g/mol. The van der Waals surface area contributed by atoms with Crippen LogP contribution in [0.15, 0.2) is 60.9 Å². The Kier molecular flexibility index (Phi) is 47.6. The fraction of sp³-hybridized carbons (Fsp3) is 0.521. The number of nitrogens with one attached hydrogen (secondary N) is 8. The number of ketones is 8. The molecule has 3 radical (unpaired) electrons. The minimum Gasteiger partial charge on any atom is -1.00 e. The van der Waals surface area contributed by atoms with E-state index in [1.165, 1.54) is 110 Å². The number of hydrogen-bond donors (Lipinski definition) is 14. The number of anilines is 2. The number of aromatic nitrogens is 2. The third kappa shape index (κ3) is 38.4. The summed E-state index contributed by atoms with van der Waals surface area (Å²) in [6.07, 6.45) is 1.36. The number of nitrogens with two attached hydrogens (primary N) is 2. The van der Waals surface area contributed by atoms with E-state index in [-0.39, 0.29) is 159 Å². The summed E-state index contributed by atoms with van der Waals surface area (Å²) < 4.78 is 0. The van der Waals surface area contributed by atoms with E-state index >= 15 is 0 Å². The number of Topliss-reactive ketones (excluding diaryl/α,β-unsaturated/α-hetero) is 8. The second kappa shape index (κ2) is 52.0. The molecule has 8 amide bonds. The van der Waals surface area contributed by atoms with Crippen LogP contribution in [-0.2, 0) is 96.2 Å². The number of hydrogen-bond acceptors (Lipinski definition) is 27. The van der Waals surface area contributed by atoms with Crippen LogP contribution in [0.1, 0.15) is 161 Å². The molecule has 0 aliphatic carbocycles. The van der Waals surface area contributed by atoms with Crippen molar-refractivity contribution in [2.45, 2.75) is 189 Å². The summed E-state index contributed by atoms with van der Waals surface area (Å²) in [6.45, 7) is 14.6. The summed E-state index contributed by atoms with van der Waals surface area (Å²) in [7, 11) is 1.00. The number of aldehydes is 1. The molecule has 110 heavy (non-hydrogen) atoms. The van der Waals surface area contributed by atoms with Crippen molar-refractivity contribution in [1.82, 2.24) is 41.9 Å². The Morgan fingerprint density at radius 1 is 0.436 bits per heavy atom. The van der Waals surface area contributed by atoms with Crippen molar-refractivity contribution in [3.05, 3.63) is 81.8 Å². The molecule has 12 atom stereocenters. The van der Waals surface area contributed by atoms with Gasteiger partial charge in [0.2, 0.25) is 47.3 Å². The fourth-order valence-electron chi connectivity index (χ4n) is 9.88. The number of carbonyl (C=O) groups is 17. The molecule has 0 spiro atoms. The maximum absolute atomic E-state index is 13.3. The van der Waals surface area contributed by atoms with E-state index in [0.29, 0.717) is 37.4 Å². The summed E-state index contributed by atoms with van der Waals surface area (Å²) >= 11 is 2.29. The van der Waals surface area contributed by atoms with Crippen molar-refractivity contribution in [2.24, 2.45) is 47.0 Å². The van der Waals surface area contributed by atoms with E-state index in [2.05, 4.69) is 52.5 Å². The Labute approximate surface area is 672 Å². The third-order valence-corrected chi connectivity index (χ3v) is 18.7. The summed E-state index contributed by atoms with van der Waals surface area (Å²) in [6, 6.07) is 6.00. The summed E-state index contributed by atoms with van der Waals surface area (Å²) in [5.41, 5.74) is 11.6. The number of amides is 8. The molecule has 0 fully saturated rings. The van der Waals surface area contributed by atoms with Crippen LogP contribution in [-0.4, -0.2) is 195 Å². The van der Waals surface area contributed by atoms with E-state index in [9.17, 15) is 91.7 Å². The standard InChI is InChI=1S/C36H50N6O10S.C36H48N6O10S.CH4O.B.Na.H/c2*1-19(33(37)50)13-30(47)22(4)40-32(49)11-10-29(46)28(15-24-6-8-25(44)9-7-24)42-35(52)21(3)14-31(48)23(5)41-34(51)20(2)12-26(45)16-38-36-39-17-27(18-43)53-36;1-2;;;/h6-9,17,19-23,28,43-44H,10-16,18H2,1-5H3,(H2,37,50)(H,38,39)(H,40,49)(H,41,51)(H,42,52);6-9,17-23,28,44H,10-16H2,1-5H3,(H2,37,50)(H,38,39)(H,40,49)(H,41,51)(H,42,52);2H,1H3;;;/q;;;;+1;-1/t2*19-,20-,21-,22+,23+,28+;;;;/m11..../s1. The number of carbonyl (C=O) groups excluding carboxylic acids is 17. The minimum absolute atomic E-state index is 0. The molecular formula is C73H103BN12NaO21S2. The number of thiazole rings is 2. The zero-order chi connectivity index (χ0) is 81.7. The number of phenolic OH excluding ortho intramolecular Hbond substituents is 2. The van der Waals surface area contributed by atoms with Gasteiger partial charge in [-0.05, 0) is 75.9 Å². The minimum atomic E-state index is -1.10.